The quantitative estimate of drug-likeness (QED) is 0.681. The van der Waals surface area contributed by atoms with Gasteiger partial charge in [-0.05, 0) is 36.4 Å². The van der Waals surface area contributed by atoms with Crippen LogP contribution in [0.5, 0.6) is 0 Å². The van der Waals surface area contributed by atoms with E-state index in [4.69, 9.17) is 23.2 Å². The number of benzene rings is 2. The zero-order valence-corrected chi connectivity index (χ0v) is 18.3. The molecule has 168 valence electrons. The molecule has 6 nitrogen and oxygen atoms in total. The van der Waals surface area contributed by atoms with E-state index in [9.17, 15) is 26.4 Å². The number of hydrogen-bond acceptors (Lipinski definition) is 4. The van der Waals surface area contributed by atoms with Gasteiger partial charge in [0.15, 0.2) is 0 Å². The van der Waals surface area contributed by atoms with E-state index in [2.05, 4.69) is 5.32 Å². The molecule has 1 aliphatic heterocycles. The number of rotatable bonds is 5. The van der Waals surface area contributed by atoms with Crippen molar-refractivity contribution in [1.82, 2.24) is 9.21 Å². The summed E-state index contributed by atoms with van der Waals surface area (Å²) in [7, 11) is -3.93. The van der Waals surface area contributed by atoms with Crippen LogP contribution in [0.25, 0.3) is 0 Å². The molecule has 12 heteroatoms. The molecule has 1 N–H and O–H groups in total. The van der Waals surface area contributed by atoms with Crippen molar-refractivity contribution in [3.8, 4) is 0 Å². The number of carbonyl (C=O) groups excluding carboxylic acids is 1. The van der Waals surface area contributed by atoms with E-state index in [1.54, 1.807) is 23.1 Å². The van der Waals surface area contributed by atoms with Gasteiger partial charge < -0.3 is 5.32 Å². The Kier molecular flexibility index (Phi) is 7.17. The normalized spacial score (nSPS) is 16.3. The summed E-state index contributed by atoms with van der Waals surface area (Å²) >= 11 is 12.1. The van der Waals surface area contributed by atoms with Crippen LogP contribution < -0.4 is 5.32 Å². The number of piperazine rings is 1. The van der Waals surface area contributed by atoms with Crippen LogP contribution in [0.3, 0.4) is 0 Å². The molecule has 0 saturated carbocycles. The van der Waals surface area contributed by atoms with E-state index in [-0.39, 0.29) is 43.5 Å². The van der Waals surface area contributed by atoms with Gasteiger partial charge in [-0.1, -0.05) is 29.3 Å². The smallest absolute Gasteiger partial charge is 0.322 e. The van der Waals surface area contributed by atoms with E-state index in [0.717, 1.165) is 24.3 Å². The van der Waals surface area contributed by atoms with Crippen molar-refractivity contribution in [3.63, 3.8) is 0 Å². The third-order valence-electron chi connectivity index (χ3n) is 4.75. The predicted octanol–water partition coefficient (Wildman–Crippen LogP) is 3.96. The zero-order valence-electron chi connectivity index (χ0n) is 16.0. The fourth-order valence-corrected chi connectivity index (χ4v) is 5.01. The molecule has 1 heterocycles. The summed E-state index contributed by atoms with van der Waals surface area (Å²) in [5.41, 5.74) is -0.611. The molecule has 1 saturated heterocycles. The van der Waals surface area contributed by atoms with Crippen molar-refractivity contribution in [1.29, 1.82) is 0 Å². The molecule has 1 amide bonds. The number of amides is 1. The number of para-hydroxylation sites is 1. The molecular weight excluding hydrogens is 478 g/mol. The number of nitrogens with one attached hydrogen (secondary N) is 1. The molecule has 2 aromatic carbocycles. The lowest BCUT2D eigenvalue weighted by Crippen LogP contribution is -2.50. The first-order valence-electron chi connectivity index (χ1n) is 9.12. The SMILES string of the molecule is O=C(CN1CCN(S(=O)(=O)c2ccc(C(F)(F)F)cc2)CC1)Nc1c(Cl)cccc1Cl. The van der Waals surface area contributed by atoms with Crippen molar-refractivity contribution < 1.29 is 26.4 Å². The van der Waals surface area contributed by atoms with Crippen LogP contribution in [0.15, 0.2) is 47.4 Å². The molecular formula is C19H18Cl2F3N3O3S. The Hall–Kier alpha value is -1.85. The summed E-state index contributed by atoms with van der Waals surface area (Å²) in [5.74, 6) is -0.353. The number of anilines is 1. The highest BCUT2D eigenvalue weighted by atomic mass is 35.5. The number of nitrogens with zero attached hydrogens (tertiary/aromatic N) is 2. The monoisotopic (exact) mass is 495 g/mol. The van der Waals surface area contributed by atoms with Crippen LogP contribution in [-0.4, -0.2) is 56.3 Å². The summed E-state index contributed by atoms with van der Waals surface area (Å²) in [4.78, 5) is 13.9. The average molecular weight is 496 g/mol. The van der Waals surface area contributed by atoms with Gasteiger partial charge in [0.05, 0.1) is 32.7 Å². The maximum atomic E-state index is 12.7. The van der Waals surface area contributed by atoms with Gasteiger partial charge >= 0.3 is 6.18 Å². The number of halogens is 5. The summed E-state index contributed by atoms with van der Waals surface area (Å²) in [6, 6.07) is 8.22. The van der Waals surface area contributed by atoms with Gasteiger partial charge in [-0.15, -0.1) is 0 Å². The van der Waals surface area contributed by atoms with E-state index in [0.29, 0.717) is 15.7 Å². The van der Waals surface area contributed by atoms with Gasteiger partial charge in [-0.3, -0.25) is 9.69 Å². The largest absolute Gasteiger partial charge is 0.416 e. The van der Waals surface area contributed by atoms with Crippen LogP contribution in [0, 0.1) is 0 Å². The fraction of sp³-hybridized carbons (Fsp3) is 0.316. The molecule has 0 radical (unpaired) electrons. The Morgan fingerprint density at radius 1 is 0.968 bits per heavy atom. The van der Waals surface area contributed by atoms with Gasteiger partial charge in [0.1, 0.15) is 0 Å². The van der Waals surface area contributed by atoms with Gasteiger partial charge in [-0.2, -0.15) is 17.5 Å². The number of hydrogen-bond donors (Lipinski definition) is 1. The molecule has 0 bridgehead atoms. The lowest BCUT2D eigenvalue weighted by atomic mass is 10.2. The molecule has 0 unspecified atom stereocenters. The Balaban J connectivity index is 1.58. The fourth-order valence-electron chi connectivity index (χ4n) is 3.09. The van der Waals surface area contributed by atoms with Gasteiger partial charge in [0.2, 0.25) is 15.9 Å². The van der Waals surface area contributed by atoms with Crippen LogP contribution in [0.4, 0.5) is 18.9 Å². The summed E-state index contributed by atoms with van der Waals surface area (Å²) in [6.45, 7) is 0.774. The molecule has 1 aliphatic rings. The highest BCUT2D eigenvalue weighted by Gasteiger charge is 2.32. The highest BCUT2D eigenvalue weighted by molar-refractivity contribution is 7.89. The molecule has 0 aliphatic carbocycles. The minimum atomic E-state index is -4.54. The first kappa shape index (κ1) is 23.8. The summed E-state index contributed by atoms with van der Waals surface area (Å²) in [5, 5.41) is 3.24. The molecule has 0 aromatic heterocycles. The molecule has 3 rings (SSSR count). The Morgan fingerprint density at radius 3 is 2.03 bits per heavy atom. The van der Waals surface area contributed by atoms with Crippen molar-refractivity contribution >= 4 is 44.8 Å². The topological polar surface area (TPSA) is 69.7 Å². The summed E-state index contributed by atoms with van der Waals surface area (Å²) < 4.78 is 64.7. The average Bonchev–Trinajstić information content (AvgIpc) is 2.71. The van der Waals surface area contributed by atoms with Crippen molar-refractivity contribution in [2.24, 2.45) is 0 Å². The van der Waals surface area contributed by atoms with Crippen LogP contribution in [0.1, 0.15) is 5.56 Å². The molecule has 1 fully saturated rings. The van der Waals surface area contributed by atoms with E-state index >= 15 is 0 Å². The summed E-state index contributed by atoms with van der Waals surface area (Å²) in [6.07, 6.45) is -4.54. The van der Waals surface area contributed by atoms with E-state index < -0.39 is 21.8 Å². The maximum Gasteiger partial charge on any atom is 0.416 e. The first-order valence-corrected chi connectivity index (χ1v) is 11.3. The third kappa shape index (κ3) is 5.69. The van der Waals surface area contributed by atoms with Crippen LogP contribution in [0.2, 0.25) is 10.0 Å². The lowest BCUT2D eigenvalue weighted by molar-refractivity contribution is -0.137. The molecule has 0 spiro atoms. The van der Waals surface area contributed by atoms with Gasteiger partial charge in [0.25, 0.3) is 0 Å². The Labute approximate surface area is 187 Å². The minimum Gasteiger partial charge on any atom is -0.322 e. The standard InChI is InChI=1S/C19H18Cl2F3N3O3S/c20-15-2-1-3-16(21)18(15)25-17(28)12-26-8-10-27(11-9-26)31(29,30)14-6-4-13(5-7-14)19(22,23)24/h1-7H,8-12H2,(H,25,28). The second kappa shape index (κ2) is 9.33. The maximum absolute atomic E-state index is 12.7. The van der Waals surface area contributed by atoms with Crippen LogP contribution >= 0.6 is 23.2 Å². The number of carbonyl (C=O) groups is 1. The zero-order chi connectivity index (χ0) is 22.8. The van der Waals surface area contributed by atoms with Crippen molar-refractivity contribution in [2.45, 2.75) is 11.1 Å². The predicted molar refractivity (Wildman–Crippen MR) is 112 cm³/mol. The second-order valence-electron chi connectivity index (χ2n) is 6.85. The van der Waals surface area contributed by atoms with Crippen molar-refractivity contribution in [3.05, 3.63) is 58.1 Å². The Bertz CT molecular complexity index is 1040. The minimum absolute atomic E-state index is 0.00964. The molecule has 31 heavy (non-hydrogen) atoms. The number of sulfonamides is 1. The Morgan fingerprint density at radius 2 is 1.52 bits per heavy atom. The molecule has 2 aromatic rings. The van der Waals surface area contributed by atoms with E-state index in [1.165, 1.54) is 4.31 Å². The lowest BCUT2D eigenvalue weighted by Gasteiger charge is -2.33. The third-order valence-corrected chi connectivity index (χ3v) is 7.29. The number of alkyl halides is 3. The van der Waals surface area contributed by atoms with Crippen molar-refractivity contribution in [2.75, 3.05) is 38.0 Å². The highest BCUT2D eigenvalue weighted by Crippen LogP contribution is 2.31. The van der Waals surface area contributed by atoms with Crippen LogP contribution in [-0.2, 0) is 21.0 Å². The van der Waals surface area contributed by atoms with Gasteiger partial charge in [-0.25, -0.2) is 8.42 Å². The molecule has 0 atom stereocenters. The first-order chi connectivity index (χ1) is 14.5. The van der Waals surface area contributed by atoms with E-state index in [1.807, 2.05) is 0 Å². The second-order valence-corrected chi connectivity index (χ2v) is 9.60. The van der Waals surface area contributed by atoms with Gasteiger partial charge in [0, 0.05) is 26.2 Å².